The first kappa shape index (κ1) is 13.2. The minimum Gasteiger partial charge on any atom is -0.415 e. The summed E-state index contributed by atoms with van der Waals surface area (Å²) in [6, 6.07) is 11.6. The monoisotopic (exact) mass is 307 g/mol. The van der Waals surface area contributed by atoms with Crippen molar-refractivity contribution in [3.05, 3.63) is 75.4 Å². The Bertz CT molecular complexity index is 1090. The number of nitro groups is 1. The minimum atomic E-state index is -0.657. The zero-order valence-electron chi connectivity index (χ0n) is 11.7. The van der Waals surface area contributed by atoms with Gasteiger partial charge in [0.15, 0.2) is 0 Å². The summed E-state index contributed by atoms with van der Waals surface area (Å²) in [4.78, 5) is 27.1. The zero-order valence-corrected chi connectivity index (χ0v) is 11.7. The second kappa shape index (κ2) is 4.77. The fourth-order valence-corrected chi connectivity index (χ4v) is 2.52. The number of fused-ring (bicyclic) bond motifs is 2. The minimum absolute atomic E-state index is 0.0324. The van der Waals surface area contributed by atoms with Crippen molar-refractivity contribution in [3.63, 3.8) is 0 Å². The molecule has 0 bridgehead atoms. The molecule has 0 atom stereocenters. The highest BCUT2D eigenvalue weighted by Gasteiger charge is 2.18. The van der Waals surface area contributed by atoms with E-state index in [0.717, 1.165) is 0 Å². The van der Waals surface area contributed by atoms with Gasteiger partial charge in [-0.05, 0) is 18.2 Å². The van der Waals surface area contributed by atoms with Gasteiger partial charge in [-0.3, -0.25) is 10.1 Å². The molecule has 1 aromatic carbocycles. The average molecular weight is 307 g/mol. The number of nitro benzene ring substituents is 1. The van der Waals surface area contributed by atoms with Crippen molar-refractivity contribution >= 4 is 22.3 Å². The number of imidazole rings is 1. The lowest BCUT2D eigenvalue weighted by molar-refractivity contribution is -0.383. The van der Waals surface area contributed by atoms with Gasteiger partial charge in [-0.2, -0.15) is 0 Å². The van der Waals surface area contributed by atoms with Crippen molar-refractivity contribution < 1.29 is 9.34 Å². The van der Waals surface area contributed by atoms with E-state index in [1.54, 1.807) is 28.8 Å². The maximum Gasteiger partial charge on any atom is 0.346 e. The largest absolute Gasteiger partial charge is 0.415 e. The van der Waals surface area contributed by atoms with Gasteiger partial charge in [-0.25, -0.2) is 9.78 Å². The van der Waals surface area contributed by atoms with Gasteiger partial charge in [0.25, 0.3) is 0 Å². The van der Waals surface area contributed by atoms with E-state index in [-0.39, 0.29) is 16.8 Å². The third-order valence-electron chi connectivity index (χ3n) is 3.58. The van der Waals surface area contributed by atoms with Crippen molar-refractivity contribution in [3.8, 4) is 11.3 Å². The molecule has 0 amide bonds. The molecule has 112 valence electrons. The standard InChI is InChI=1S/C16H9N3O4/c20-16-11(12-9-18-7-2-1-6-14(18)17-12)8-10-4-3-5-13(19(21)22)15(10)23-16/h1-9H. The van der Waals surface area contributed by atoms with Crippen molar-refractivity contribution in [2.24, 2.45) is 0 Å². The van der Waals surface area contributed by atoms with Crippen molar-refractivity contribution in [2.45, 2.75) is 0 Å². The maximum absolute atomic E-state index is 12.2. The van der Waals surface area contributed by atoms with Gasteiger partial charge >= 0.3 is 11.3 Å². The Hall–Kier alpha value is -3.48. The summed E-state index contributed by atoms with van der Waals surface area (Å²) in [6.45, 7) is 0. The molecule has 4 rings (SSSR count). The third-order valence-corrected chi connectivity index (χ3v) is 3.58. The fourth-order valence-electron chi connectivity index (χ4n) is 2.52. The van der Waals surface area contributed by atoms with Crippen LogP contribution in [0.3, 0.4) is 0 Å². The first-order valence-corrected chi connectivity index (χ1v) is 6.79. The molecule has 0 N–H and O–H groups in total. The van der Waals surface area contributed by atoms with E-state index in [4.69, 9.17) is 4.42 Å². The van der Waals surface area contributed by atoms with Gasteiger partial charge in [0.1, 0.15) is 5.65 Å². The van der Waals surface area contributed by atoms with E-state index < -0.39 is 10.5 Å². The lowest BCUT2D eigenvalue weighted by Gasteiger charge is -2.00. The molecule has 0 aliphatic rings. The van der Waals surface area contributed by atoms with Crippen molar-refractivity contribution in [1.29, 1.82) is 0 Å². The van der Waals surface area contributed by atoms with Crippen LogP contribution in [0.15, 0.2) is 64.1 Å². The third kappa shape index (κ3) is 2.06. The number of hydrogen-bond donors (Lipinski definition) is 0. The van der Waals surface area contributed by atoms with Gasteiger partial charge < -0.3 is 8.82 Å². The summed E-state index contributed by atoms with van der Waals surface area (Å²) >= 11 is 0. The van der Waals surface area contributed by atoms with E-state index >= 15 is 0 Å². The molecule has 0 aliphatic heterocycles. The van der Waals surface area contributed by atoms with Gasteiger partial charge in [-0.15, -0.1) is 0 Å². The van der Waals surface area contributed by atoms with Crippen LogP contribution in [0.25, 0.3) is 27.9 Å². The highest BCUT2D eigenvalue weighted by atomic mass is 16.6. The summed E-state index contributed by atoms with van der Waals surface area (Å²) in [5, 5.41) is 11.5. The second-order valence-corrected chi connectivity index (χ2v) is 4.99. The molecule has 7 nitrogen and oxygen atoms in total. The van der Waals surface area contributed by atoms with Crippen LogP contribution < -0.4 is 5.63 Å². The highest BCUT2D eigenvalue weighted by molar-refractivity contribution is 5.87. The molecule has 0 aliphatic carbocycles. The Morgan fingerprint density at radius 3 is 2.83 bits per heavy atom. The molecule has 0 radical (unpaired) electrons. The quantitative estimate of drug-likeness (QED) is 0.322. The molecule has 0 spiro atoms. The van der Waals surface area contributed by atoms with Gasteiger partial charge in [0.05, 0.1) is 16.2 Å². The van der Waals surface area contributed by atoms with Crippen LogP contribution in [-0.2, 0) is 0 Å². The van der Waals surface area contributed by atoms with E-state index in [2.05, 4.69) is 4.98 Å². The number of benzene rings is 1. The molecule has 0 fully saturated rings. The lowest BCUT2D eigenvalue weighted by Crippen LogP contribution is -2.04. The van der Waals surface area contributed by atoms with Gasteiger partial charge in [0, 0.05) is 23.8 Å². The van der Waals surface area contributed by atoms with Crippen LogP contribution in [0.4, 0.5) is 5.69 Å². The molecule has 7 heteroatoms. The van der Waals surface area contributed by atoms with E-state index in [1.165, 1.54) is 6.07 Å². The molecule has 3 aromatic heterocycles. The van der Waals surface area contributed by atoms with Crippen LogP contribution in [-0.4, -0.2) is 14.3 Å². The Labute approximate surface area is 128 Å². The van der Waals surface area contributed by atoms with E-state index in [9.17, 15) is 14.9 Å². The van der Waals surface area contributed by atoms with Crippen molar-refractivity contribution in [2.75, 3.05) is 0 Å². The van der Waals surface area contributed by atoms with Crippen LogP contribution >= 0.6 is 0 Å². The number of aromatic nitrogens is 2. The molecule has 0 saturated carbocycles. The predicted molar refractivity (Wildman–Crippen MR) is 83.3 cm³/mol. The van der Waals surface area contributed by atoms with E-state index in [1.807, 2.05) is 24.4 Å². The number of rotatable bonds is 2. The Kier molecular flexibility index (Phi) is 2.74. The molecular weight excluding hydrogens is 298 g/mol. The topological polar surface area (TPSA) is 90.6 Å². The molecule has 0 saturated heterocycles. The highest BCUT2D eigenvalue weighted by Crippen LogP contribution is 2.27. The number of para-hydroxylation sites is 1. The number of non-ortho nitro benzene ring substituents is 1. The second-order valence-electron chi connectivity index (χ2n) is 4.99. The summed E-state index contributed by atoms with van der Waals surface area (Å²) < 4.78 is 6.97. The van der Waals surface area contributed by atoms with Crippen LogP contribution in [0.1, 0.15) is 0 Å². The SMILES string of the molecule is O=c1oc2c([N+](=O)[O-])cccc2cc1-c1cn2ccccc2n1. The average Bonchev–Trinajstić information content (AvgIpc) is 2.97. The normalized spacial score (nSPS) is 11.1. The van der Waals surface area contributed by atoms with Crippen molar-refractivity contribution in [1.82, 2.24) is 9.38 Å². The predicted octanol–water partition coefficient (Wildman–Crippen LogP) is 3.02. The number of nitrogens with zero attached hydrogens (tertiary/aromatic N) is 3. The molecule has 0 unspecified atom stereocenters. The lowest BCUT2D eigenvalue weighted by atomic mass is 10.1. The number of pyridine rings is 1. The van der Waals surface area contributed by atoms with Gasteiger partial charge in [0.2, 0.25) is 5.58 Å². The summed E-state index contributed by atoms with van der Waals surface area (Å²) in [5.74, 6) is 0. The molecule has 4 aromatic rings. The fraction of sp³-hybridized carbons (Fsp3) is 0. The van der Waals surface area contributed by atoms with Crippen LogP contribution in [0.5, 0.6) is 0 Å². The maximum atomic E-state index is 12.2. The summed E-state index contributed by atoms with van der Waals surface area (Å²) in [6.07, 6.45) is 3.53. The van der Waals surface area contributed by atoms with E-state index in [0.29, 0.717) is 16.7 Å². The molecule has 23 heavy (non-hydrogen) atoms. The van der Waals surface area contributed by atoms with Crippen LogP contribution in [0.2, 0.25) is 0 Å². The Morgan fingerprint density at radius 2 is 2.04 bits per heavy atom. The molecule has 3 heterocycles. The first-order chi connectivity index (χ1) is 11.1. The first-order valence-electron chi connectivity index (χ1n) is 6.79. The summed E-state index contributed by atoms with van der Waals surface area (Å²) in [5.41, 5.74) is 0.493. The smallest absolute Gasteiger partial charge is 0.346 e. The zero-order chi connectivity index (χ0) is 16.0. The van der Waals surface area contributed by atoms with Crippen LogP contribution in [0, 0.1) is 10.1 Å². The molecular formula is C16H9N3O4. The Morgan fingerprint density at radius 1 is 1.17 bits per heavy atom. The Balaban J connectivity index is 1.99. The number of hydrogen-bond acceptors (Lipinski definition) is 5. The van der Waals surface area contributed by atoms with Gasteiger partial charge in [-0.1, -0.05) is 18.2 Å². The summed E-state index contributed by atoms with van der Waals surface area (Å²) in [7, 11) is 0.